The molecule has 3 aromatic rings. The van der Waals surface area contributed by atoms with Gasteiger partial charge in [-0.15, -0.1) is 0 Å². The number of piperidine rings is 1. The molecule has 1 aliphatic heterocycles. The Hall–Kier alpha value is -2.39. The number of aromatic nitrogens is 3. The fraction of sp³-hybridized carbons (Fsp3) is 0.278. The number of nitrogens with zero attached hydrogens (tertiary/aromatic N) is 5. The van der Waals surface area contributed by atoms with Gasteiger partial charge in [0.15, 0.2) is 0 Å². The summed E-state index contributed by atoms with van der Waals surface area (Å²) in [6.45, 7) is 1.82. The van der Waals surface area contributed by atoms with Gasteiger partial charge in [0.1, 0.15) is 5.82 Å². The summed E-state index contributed by atoms with van der Waals surface area (Å²) in [7, 11) is 0. The molecule has 3 heterocycles. The van der Waals surface area contributed by atoms with Gasteiger partial charge in [-0.3, -0.25) is 4.68 Å². The Balaban J connectivity index is 1.71. The Morgan fingerprint density at radius 2 is 2.21 bits per heavy atom. The summed E-state index contributed by atoms with van der Waals surface area (Å²) >= 11 is 3.46. The lowest BCUT2D eigenvalue weighted by Crippen LogP contribution is -2.37. The monoisotopic (exact) mass is 381 g/mol. The Morgan fingerprint density at radius 3 is 3.00 bits per heavy atom. The standard InChI is InChI=1S/C18H16BrN5/c19-14-4-5-17-16(10-14)13(11-20)9-18(22-17)23-7-1-3-15(12-23)24-8-2-6-21-24/h2,4-6,8-10,15H,1,3,7,12H2. The third kappa shape index (κ3) is 2.76. The number of fused-ring (bicyclic) bond motifs is 1. The molecule has 1 aliphatic rings. The van der Waals surface area contributed by atoms with E-state index in [0.717, 1.165) is 47.1 Å². The first-order valence-corrected chi connectivity index (χ1v) is 8.78. The zero-order valence-corrected chi connectivity index (χ0v) is 14.6. The van der Waals surface area contributed by atoms with Crippen LogP contribution in [0, 0.1) is 11.3 Å². The van der Waals surface area contributed by atoms with E-state index in [9.17, 15) is 5.26 Å². The van der Waals surface area contributed by atoms with E-state index in [1.165, 1.54) is 0 Å². The molecule has 2 aromatic heterocycles. The van der Waals surface area contributed by atoms with E-state index >= 15 is 0 Å². The molecule has 6 heteroatoms. The van der Waals surface area contributed by atoms with Crippen LogP contribution >= 0.6 is 15.9 Å². The van der Waals surface area contributed by atoms with Gasteiger partial charge < -0.3 is 4.90 Å². The molecular weight excluding hydrogens is 366 g/mol. The first-order chi connectivity index (χ1) is 11.7. The third-order valence-corrected chi connectivity index (χ3v) is 4.99. The summed E-state index contributed by atoms with van der Waals surface area (Å²) in [5, 5.41) is 14.8. The number of nitriles is 1. The number of hydrogen-bond donors (Lipinski definition) is 0. The van der Waals surface area contributed by atoms with Gasteiger partial charge in [-0.2, -0.15) is 10.4 Å². The van der Waals surface area contributed by atoms with E-state index in [2.05, 4.69) is 32.0 Å². The normalized spacial score (nSPS) is 17.8. The molecule has 120 valence electrons. The number of hydrogen-bond acceptors (Lipinski definition) is 4. The van der Waals surface area contributed by atoms with Crippen LogP contribution < -0.4 is 4.90 Å². The van der Waals surface area contributed by atoms with Crippen molar-refractivity contribution in [3.63, 3.8) is 0 Å². The van der Waals surface area contributed by atoms with Crippen LogP contribution in [0.1, 0.15) is 24.4 Å². The van der Waals surface area contributed by atoms with Crippen molar-refractivity contribution in [1.29, 1.82) is 5.26 Å². The lowest BCUT2D eigenvalue weighted by atomic mass is 10.0. The molecule has 1 aromatic carbocycles. The largest absolute Gasteiger partial charge is 0.354 e. The summed E-state index contributed by atoms with van der Waals surface area (Å²) in [6, 6.07) is 12.4. The molecule has 0 N–H and O–H groups in total. The maximum Gasteiger partial charge on any atom is 0.130 e. The summed E-state index contributed by atoms with van der Waals surface area (Å²) in [6.07, 6.45) is 6.04. The predicted molar refractivity (Wildman–Crippen MR) is 96.9 cm³/mol. The topological polar surface area (TPSA) is 57.7 Å². The third-order valence-electron chi connectivity index (χ3n) is 4.50. The van der Waals surface area contributed by atoms with Crippen molar-refractivity contribution in [3.8, 4) is 6.07 Å². The van der Waals surface area contributed by atoms with Gasteiger partial charge in [-0.1, -0.05) is 15.9 Å². The molecule has 1 fully saturated rings. The molecular formula is C18H16BrN5. The first-order valence-electron chi connectivity index (χ1n) is 7.99. The lowest BCUT2D eigenvalue weighted by Gasteiger charge is -2.33. The number of anilines is 1. The highest BCUT2D eigenvalue weighted by Gasteiger charge is 2.23. The maximum absolute atomic E-state index is 9.53. The van der Waals surface area contributed by atoms with Crippen molar-refractivity contribution in [1.82, 2.24) is 14.8 Å². The number of benzene rings is 1. The fourth-order valence-corrected chi connectivity index (χ4v) is 3.67. The minimum absolute atomic E-state index is 0.349. The van der Waals surface area contributed by atoms with Crippen molar-refractivity contribution in [2.75, 3.05) is 18.0 Å². The van der Waals surface area contributed by atoms with Gasteiger partial charge in [0, 0.05) is 35.3 Å². The molecule has 1 unspecified atom stereocenters. The molecule has 1 atom stereocenters. The predicted octanol–water partition coefficient (Wildman–Crippen LogP) is 3.91. The molecule has 0 aliphatic carbocycles. The second-order valence-electron chi connectivity index (χ2n) is 6.03. The van der Waals surface area contributed by atoms with Crippen LogP contribution in [0.4, 0.5) is 5.82 Å². The minimum Gasteiger partial charge on any atom is -0.354 e. The van der Waals surface area contributed by atoms with E-state index in [0.29, 0.717) is 11.6 Å². The summed E-state index contributed by atoms with van der Waals surface area (Å²) in [4.78, 5) is 7.05. The highest BCUT2D eigenvalue weighted by atomic mass is 79.9. The van der Waals surface area contributed by atoms with Crippen LogP contribution in [0.3, 0.4) is 0 Å². The van der Waals surface area contributed by atoms with Crippen molar-refractivity contribution in [3.05, 3.63) is 52.8 Å². The molecule has 0 spiro atoms. The molecule has 24 heavy (non-hydrogen) atoms. The Kier molecular flexibility index (Phi) is 3.95. The number of rotatable bonds is 2. The van der Waals surface area contributed by atoms with Crippen LogP contribution in [0.5, 0.6) is 0 Å². The van der Waals surface area contributed by atoms with E-state index < -0.39 is 0 Å². The Labute approximate surface area is 148 Å². The second-order valence-corrected chi connectivity index (χ2v) is 6.95. The van der Waals surface area contributed by atoms with Crippen molar-refractivity contribution >= 4 is 32.7 Å². The molecule has 0 amide bonds. The van der Waals surface area contributed by atoms with Crippen LogP contribution in [0.2, 0.25) is 0 Å². The molecule has 5 nitrogen and oxygen atoms in total. The van der Waals surface area contributed by atoms with Crippen LogP contribution in [-0.4, -0.2) is 27.9 Å². The molecule has 4 rings (SSSR count). The lowest BCUT2D eigenvalue weighted by molar-refractivity contribution is 0.375. The van der Waals surface area contributed by atoms with E-state index in [4.69, 9.17) is 4.98 Å². The maximum atomic E-state index is 9.53. The molecule has 0 radical (unpaired) electrons. The number of halogens is 1. The Morgan fingerprint density at radius 1 is 1.29 bits per heavy atom. The molecule has 0 bridgehead atoms. The average molecular weight is 382 g/mol. The SMILES string of the molecule is N#Cc1cc(N2CCCC(n3cccn3)C2)nc2ccc(Br)cc12. The molecule has 0 saturated carbocycles. The van der Waals surface area contributed by atoms with Gasteiger partial charge in [0.2, 0.25) is 0 Å². The van der Waals surface area contributed by atoms with Crippen LogP contribution in [0.25, 0.3) is 10.9 Å². The van der Waals surface area contributed by atoms with Gasteiger partial charge in [-0.25, -0.2) is 4.98 Å². The fourth-order valence-electron chi connectivity index (χ4n) is 3.31. The van der Waals surface area contributed by atoms with Crippen LogP contribution in [0.15, 0.2) is 47.2 Å². The summed E-state index contributed by atoms with van der Waals surface area (Å²) in [5.41, 5.74) is 1.52. The smallest absolute Gasteiger partial charge is 0.130 e. The van der Waals surface area contributed by atoms with Crippen molar-refractivity contribution in [2.24, 2.45) is 0 Å². The average Bonchev–Trinajstić information content (AvgIpc) is 3.15. The van der Waals surface area contributed by atoms with Gasteiger partial charge in [-0.05, 0) is 43.2 Å². The zero-order valence-electron chi connectivity index (χ0n) is 13.1. The van der Waals surface area contributed by atoms with E-state index in [-0.39, 0.29) is 0 Å². The van der Waals surface area contributed by atoms with Gasteiger partial charge in [0.05, 0.1) is 23.2 Å². The van der Waals surface area contributed by atoms with Crippen molar-refractivity contribution in [2.45, 2.75) is 18.9 Å². The summed E-state index contributed by atoms with van der Waals surface area (Å²) in [5.74, 6) is 0.873. The molecule has 1 saturated heterocycles. The van der Waals surface area contributed by atoms with Gasteiger partial charge in [0.25, 0.3) is 0 Å². The zero-order chi connectivity index (χ0) is 16.5. The second kappa shape index (κ2) is 6.25. The highest BCUT2D eigenvalue weighted by Crippen LogP contribution is 2.29. The van der Waals surface area contributed by atoms with Gasteiger partial charge >= 0.3 is 0 Å². The van der Waals surface area contributed by atoms with Crippen molar-refractivity contribution < 1.29 is 0 Å². The quantitative estimate of drug-likeness (QED) is 0.675. The number of pyridine rings is 1. The van der Waals surface area contributed by atoms with E-state index in [1.54, 1.807) is 0 Å². The first kappa shape index (κ1) is 15.2. The minimum atomic E-state index is 0.349. The highest BCUT2D eigenvalue weighted by molar-refractivity contribution is 9.10. The Bertz CT molecular complexity index is 913. The summed E-state index contributed by atoms with van der Waals surface area (Å²) < 4.78 is 2.98. The van der Waals surface area contributed by atoms with E-state index in [1.807, 2.05) is 47.4 Å². The van der Waals surface area contributed by atoms with Crippen LogP contribution in [-0.2, 0) is 0 Å².